The van der Waals surface area contributed by atoms with Crippen LogP contribution in [0.2, 0.25) is 0 Å². The molecule has 1 atom stereocenters. The molecule has 0 radical (unpaired) electrons. The number of nitrogens with zero attached hydrogens (tertiary/aromatic N) is 1. The van der Waals surface area contributed by atoms with E-state index in [9.17, 15) is 5.11 Å². The Balaban J connectivity index is 2.03. The highest BCUT2D eigenvalue weighted by molar-refractivity contribution is 5.49. The lowest BCUT2D eigenvalue weighted by Crippen LogP contribution is -2.37. The van der Waals surface area contributed by atoms with Crippen LogP contribution in [0, 0.1) is 0 Å². The lowest BCUT2D eigenvalue weighted by atomic mass is 10.2. The molecule has 20 heavy (non-hydrogen) atoms. The second-order valence-electron chi connectivity index (χ2n) is 4.60. The minimum Gasteiger partial charge on any atom is -0.394 e. The summed E-state index contributed by atoms with van der Waals surface area (Å²) in [5.41, 5.74) is 2.02. The van der Waals surface area contributed by atoms with Gasteiger partial charge < -0.3 is 20.4 Å². The zero-order chi connectivity index (χ0) is 14.2. The Kier molecular flexibility index (Phi) is 5.41. The zero-order valence-corrected chi connectivity index (χ0v) is 11.3. The van der Waals surface area contributed by atoms with E-state index in [1.54, 1.807) is 0 Å². The third-order valence-electron chi connectivity index (χ3n) is 3.01. The van der Waals surface area contributed by atoms with Crippen LogP contribution in [0.25, 0.3) is 0 Å². The van der Waals surface area contributed by atoms with Crippen molar-refractivity contribution in [1.82, 2.24) is 0 Å². The van der Waals surface area contributed by atoms with Gasteiger partial charge >= 0.3 is 0 Å². The van der Waals surface area contributed by atoms with Gasteiger partial charge in [-0.05, 0) is 24.3 Å². The number of rotatable bonds is 7. The second kappa shape index (κ2) is 7.53. The molecule has 0 saturated carbocycles. The molecule has 1 unspecified atom stereocenters. The third-order valence-corrected chi connectivity index (χ3v) is 3.01. The van der Waals surface area contributed by atoms with Gasteiger partial charge in [-0.25, -0.2) is 0 Å². The first kappa shape index (κ1) is 14.4. The summed E-state index contributed by atoms with van der Waals surface area (Å²) in [6, 6.07) is 19.7. The number of nitrogens with one attached hydrogen (secondary N) is 1. The van der Waals surface area contributed by atoms with Crippen molar-refractivity contribution in [3.8, 4) is 0 Å². The van der Waals surface area contributed by atoms with Gasteiger partial charge in [0.25, 0.3) is 0 Å². The van der Waals surface area contributed by atoms with Crippen molar-refractivity contribution >= 4 is 11.4 Å². The molecule has 2 aromatic carbocycles. The Hall–Kier alpha value is -2.04. The summed E-state index contributed by atoms with van der Waals surface area (Å²) in [6.45, 7) is 0.695. The van der Waals surface area contributed by atoms with Crippen LogP contribution in [0.15, 0.2) is 60.7 Å². The van der Waals surface area contributed by atoms with Gasteiger partial charge in [0, 0.05) is 17.9 Å². The molecular weight excluding hydrogens is 252 g/mol. The lowest BCUT2D eigenvalue weighted by Gasteiger charge is -2.27. The predicted octanol–water partition coefficient (Wildman–Crippen LogP) is 1.92. The highest BCUT2D eigenvalue weighted by Gasteiger charge is 2.11. The average Bonchev–Trinajstić information content (AvgIpc) is 2.53. The fourth-order valence-corrected chi connectivity index (χ4v) is 1.95. The fraction of sp³-hybridized carbons (Fsp3) is 0.250. The normalized spacial score (nSPS) is 11.9. The van der Waals surface area contributed by atoms with E-state index >= 15 is 0 Å². The molecule has 0 amide bonds. The first-order valence-electron chi connectivity index (χ1n) is 6.67. The van der Waals surface area contributed by atoms with Gasteiger partial charge in [-0.2, -0.15) is 0 Å². The number of para-hydroxylation sites is 2. The van der Waals surface area contributed by atoms with Gasteiger partial charge in [0.2, 0.25) is 0 Å². The molecule has 0 saturated heterocycles. The Labute approximate surface area is 119 Å². The van der Waals surface area contributed by atoms with E-state index in [-0.39, 0.29) is 6.61 Å². The minimum absolute atomic E-state index is 0.241. The first-order valence-corrected chi connectivity index (χ1v) is 6.67. The van der Waals surface area contributed by atoms with Gasteiger partial charge in [-0.1, -0.05) is 36.4 Å². The largest absolute Gasteiger partial charge is 0.394 e. The Morgan fingerprint density at radius 3 is 2.15 bits per heavy atom. The van der Waals surface area contributed by atoms with E-state index in [4.69, 9.17) is 5.11 Å². The van der Waals surface area contributed by atoms with E-state index in [1.165, 1.54) is 0 Å². The van der Waals surface area contributed by atoms with Gasteiger partial charge in [0.1, 0.15) is 0 Å². The second-order valence-corrected chi connectivity index (χ2v) is 4.60. The van der Waals surface area contributed by atoms with Crippen molar-refractivity contribution in [2.45, 2.75) is 6.10 Å². The summed E-state index contributed by atoms with van der Waals surface area (Å²) < 4.78 is 0. The van der Waals surface area contributed by atoms with Crippen LogP contribution < -0.4 is 10.2 Å². The highest BCUT2D eigenvalue weighted by atomic mass is 16.3. The summed E-state index contributed by atoms with van der Waals surface area (Å²) in [4.78, 5) is 1.99. The average molecular weight is 272 g/mol. The smallest absolute Gasteiger partial charge is 0.0945 e. The summed E-state index contributed by atoms with van der Waals surface area (Å²) in [6.07, 6.45) is -0.757. The van der Waals surface area contributed by atoms with Gasteiger partial charge in [-0.15, -0.1) is 0 Å². The molecule has 0 aliphatic rings. The number of hydrogen-bond acceptors (Lipinski definition) is 4. The molecule has 2 rings (SSSR count). The molecule has 3 N–H and O–H groups in total. The Morgan fingerprint density at radius 2 is 1.55 bits per heavy atom. The van der Waals surface area contributed by atoms with E-state index in [0.29, 0.717) is 13.2 Å². The van der Waals surface area contributed by atoms with Crippen LogP contribution in [0.5, 0.6) is 0 Å². The maximum Gasteiger partial charge on any atom is 0.0945 e. The maximum absolute atomic E-state index is 9.67. The van der Waals surface area contributed by atoms with Gasteiger partial charge in [0.05, 0.1) is 19.4 Å². The van der Waals surface area contributed by atoms with Crippen LogP contribution in [0.3, 0.4) is 0 Å². The fourth-order valence-electron chi connectivity index (χ4n) is 1.95. The summed E-state index contributed by atoms with van der Waals surface area (Å²) in [5, 5.41) is 22.0. The molecule has 0 fully saturated rings. The van der Waals surface area contributed by atoms with Crippen LogP contribution in [0.4, 0.5) is 11.4 Å². The predicted molar refractivity (Wildman–Crippen MR) is 81.8 cm³/mol. The summed E-state index contributed by atoms with van der Waals surface area (Å²) in [5.74, 6) is 0. The van der Waals surface area contributed by atoms with Crippen LogP contribution >= 0.6 is 0 Å². The van der Waals surface area contributed by atoms with E-state index < -0.39 is 6.10 Å². The van der Waals surface area contributed by atoms with E-state index in [2.05, 4.69) is 5.32 Å². The molecule has 106 valence electrons. The molecule has 0 aromatic heterocycles. The van der Waals surface area contributed by atoms with Crippen molar-refractivity contribution in [3.63, 3.8) is 0 Å². The number of hydrogen-bond donors (Lipinski definition) is 3. The molecule has 0 aliphatic heterocycles. The van der Waals surface area contributed by atoms with E-state index in [1.807, 2.05) is 65.6 Å². The van der Waals surface area contributed by atoms with E-state index in [0.717, 1.165) is 11.4 Å². The van der Waals surface area contributed by atoms with Crippen molar-refractivity contribution in [3.05, 3.63) is 60.7 Å². The topological polar surface area (TPSA) is 55.7 Å². The Bertz CT molecular complexity index is 490. The molecule has 2 aromatic rings. The molecule has 0 spiro atoms. The van der Waals surface area contributed by atoms with Crippen molar-refractivity contribution in [2.75, 3.05) is 30.0 Å². The number of aliphatic hydroxyl groups excluding tert-OH is 2. The standard InChI is InChI=1S/C16H20N2O2/c19-12-16(20)11-18(15-9-5-2-6-10-15)13-17-14-7-3-1-4-8-14/h1-10,16-17,19-20H,11-13H2. The van der Waals surface area contributed by atoms with Crippen molar-refractivity contribution in [1.29, 1.82) is 0 Å². The molecule has 4 nitrogen and oxygen atoms in total. The lowest BCUT2D eigenvalue weighted by molar-refractivity contribution is 0.100. The van der Waals surface area contributed by atoms with Crippen LogP contribution in [-0.2, 0) is 0 Å². The van der Waals surface area contributed by atoms with Crippen LogP contribution in [-0.4, -0.2) is 36.1 Å². The summed E-state index contributed by atoms with van der Waals surface area (Å²) >= 11 is 0. The van der Waals surface area contributed by atoms with Crippen LogP contribution in [0.1, 0.15) is 0 Å². The Morgan fingerprint density at radius 1 is 0.950 bits per heavy atom. The monoisotopic (exact) mass is 272 g/mol. The van der Waals surface area contributed by atoms with Gasteiger partial charge in [0.15, 0.2) is 0 Å². The third kappa shape index (κ3) is 4.26. The molecule has 0 heterocycles. The molecular formula is C16H20N2O2. The zero-order valence-electron chi connectivity index (χ0n) is 11.3. The highest BCUT2D eigenvalue weighted by Crippen LogP contribution is 2.14. The number of anilines is 2. The number of benzene rings is 2. The molecule has 0 aliphatic carbocycles. The maximum atomic E-state index is 9.67. The summed E-state index contributed by atoms with van der Waals surface area (Å²) in [7, 11) is 0. The number of aliphatic hydroxyl groups is 2. The van der Waals surface area contributed by atoms with Gasteiger partial charge in [-0.3, -0.25) is 0 Å². The minimum atomic E-state index is -0.757. The SMILES string of the molecule is OCC(O)CN(CNc1ccccc1)c1ccccc1. The van der Waals surface area contributed by atoms with Crippen molar-refractivity contribution in [2.24, 2.45) is 0 Å². The van der Waals surface area contributed by atoms with Crippen molar-refractivity contribution < 1.29 is 10.2 Å². The molecule has 4 heteroatoms. The molecule has 0 bridgehead atoms. The first-order chi connectivity index (χ1) is 9.79. The quantitative estimate of drug-likeness (QED) is 0.674.